The van der Waals surface area contributed by atoms with Gasteiger partial charge in [0.15, 0.2) is 6.29 Å². The molecule has 78 valence electrons. The lowest BCUT2D eigenvalue weighted by Crippen LogP contribution is -2.57. The molecule has 1 rings (SSSR count). The predicted molar refractivity (Wildman–Crippen MR) is 44.0 cm³/mol. The van der Waals surface area contributed by atoms with Crippen LogP contribution in [0.3, 0.4) is 0 Å². The van der Waals surface area contributed by atoms with Crippen molar-refractivity contribution in [1.29, 1.82) is 0 Å². The number of methoxy groups -OCH3 is 1. The summed E-state index contributed by atoms with van der Waals surface area (Å²) in [6, 6.07) is 0. The first-order valence-electron chi connectivity index (χ1n) is 4.34. The zero-order chi connectivity index (χ0) is 10.0. The van der Waals surface area contributed by atoms with Gasteiger partial charge in [0.25, 0.3) is 0 Å². The second-order valence-corrected chi connectivity index (χ2v) is 3.16. The molecule has 1 aliphatic heterocycles. The molecular weight excluding hydrogens is 176 g/mol. The summed E-state index contributed by atoms with van der Waals surface area (Å²) in [6.45, 7) is 1.82. The Morgan fingerprint density at radius 1 is 1.15 bits per heavy atom. The molecule has 0 radical (unpaired) electrons. The van der Waals surface area contributed by atoms with Crippen LogP contribution >= 0.6 is 0 Å². The maximum atomic E-state index is 9.43. The van der Waals surface area contributed by atoms with Gasteiger partial charge < -0.3 is 24.8 Å². The van der Waals surface area contributed by atoms with Crippen LogP contribution in [0.4, 0.5) is 0 Å². The van der Waals surface area contributed by atoms with Gasteiger partial charge in [-0.05, 0) is 6.42 Å². The van der Waals surface area contributed by atoms with Crippen LogP contribution in [0, 0.1) is 0 Å². The van der Waals surface area contributed by atoms with Gasteiger partial charge in [-0.3, -0.25) is 0 Å². The average Bonchev–Trinajstić information content (AvgIpc) is 2.15. The van der Waals surface area contributed by atoms with Gasteiger partial charge in [0.2, 0.25) is 0 Å². The fraction of sp³-hybridized carbons (Fsp3) is 1.00. The van der Waals surface area contributed by atoms with Crippen LogP contribution in [0.25, 0.3) is 0 Å². The van der Waals surface area contributed by atoms with Crippen LogP contribution < -0.4 is 0 Å². The van der Waals surface area contributed by atoms with Crippen LogP contribution in [0.2, 0.25) is 0 Å². The lowest BCUT2D eigenvalue weighted by atomic mass is 9.97. The van der Waals surface area contributed by atoms with Crippen LogP contribution in [0.15, 0.2) is 0 Å². The topological polar surface area (TPSA) is 79.2 Å². The minimum absolute atomic E-state index is 0.483. The number of aliphatic hydroxyl groups excluding tert-OH is 3. The summed E-state index contributed by atoms with van der Waals surface area (Å²) in [4.78, 5) is 0. The fourth-order valence-corrected chi connectivity index (χ4v) is 1.45. The van der Waals surface area contributed by atoms with Crippen LogP contribution in [0.5, 0.6) is 0 Å². The number of rotatable bonds is 2. The van der Waals surface area contributed by atoms with Crippen molar-refractivity contribution in [2.45, 2.75) is 44.1 Å². The van der Waals surface area contributed by atoms with E-state index in [4.69, 9.17) is 9.47 Å². The van der Waals surface area contributed by atoms with E-state index in [2.05, 4.69) is 0 Å². The molecule has 1 saturated heterocycles. The van der Waals surface area contributed by atoms with Crippen molar-refractivity contribution < 1.29 is 24.8 Å². The third kappa shape index (κ3) is 2.00. The Morgan fingerprint density at radius 3 is 2.23 bits per heavy atom. The summed E-state index contributed by atoms with van der Waals surface area (Å²) in [5.74, 6) is 0. The summed E-state index contributed by atoms with van der Waals surface area (Å²) in [5, 5.41) is 28.2. The minimum Gasteiger partial charge on any atom is -0.388 e. The van der Waals surface area contributed by atoms with Gasteiger partial charge >= 0.3 is 0 Å². The molecule has 3 N–H and O–H groups in total. The van der Waals surface area contributed by atoms with Crippen molar-refractivity contribution in [2.75, 3.05) is 7.11 Å². The lowest BCUT2D eigenvalue weighted by Gasteiger charge is -2.39. The Labute approximate surface area is 76.9 Å². The monoisotopic (exact) mass is 192 g/mol. The Hall–Kier alpha value is -0.200. The van der Waals surface area contributed by atoms with Crippen LogP contribution in [-0.4, -0.2) is 53.1 Å². The highest BCUT2D eigenvalue weighted by atomic mass is 16.7. The van der Waals surface area contributed by atoms with Crippen molar-refractivity contribution >= 4 is 0 Å². The first-order valence-corrected chi connectivity index (χ1v) is 4.34. The zero-order valence-corrected chi connectivity index (χ0v) is 7.75. The van der Waals surface area contributed by atoms with Gasteiger partial charge in [0.05, 0.1) is 6.10 Å². The number of aliphatic hydroxyl groups is 3. The molecule has 0 aromatic rings. The number of hydrogen-bond donors (Lipinski definition) is 3. The Kier molecular flexibility index (Phi) is 3.63. The van der Waals surface area contributed by atoms with Crippen molar-refractivity contribution in [3.63, 3.8) is 0 Å². The smallest absolute Gasteiger partial charge is 0.186 e. The predicted octanol–water partition coefficient (Wildman–Crippen LogP) is -1.15. The molecule has 0 spiro atoms. The molecule has 1 fully saturated rings. The standard InChI is InChI=1S/C8H16O5/c1-3-4-5(9)6(10)7(11)8(12-2)13-4/h4-11H,3H2,1-2H3/t4?,5-,6+,7?,8+/m0/s1. The molecule has 0 aromatic carbocycles. The molecule has 0 saturated carbocycles. The highest BCUT2D eigenvalue weighted by Crippen LogP contribution is 2.23. The van der Waals surface area contributed by atoms with Crippen LogP contribution in [0.1, 0.15) is 13.3 Å². The third-order valence-electron chi connectivity index (χ3n) is 2.30. The van der Waals surface area contributed by atoms with Gasteiger partial charge in [-0.1, -0.05) is 6.92 Å². The SMILES string of the molecule is CCC1O[C@@H](OC)C(O)[C@H](O)[C@H]1O. The van der Waals surface area contributed by atoms with E-state index in [0.29, 0.717) is 6.42 Å². The maximum absolute atomic E-state index is 9.43. The normalized spacial score (nSPS) is 46.4. The second-order valence-electron chi connectivity index (χ2n) is 3.16. The highest BCUT2D eigenvalue weighted by molar-refractivity contribution is 4.88. The maximum Gasteiger partial charge on any atom is 0.186 e. The number of hydrogen-bond acceptors (Lipinski definition) is 5. The van der Waals surface area contributed by atoms with Gasteiger partial charge in [0.1, 0.15) is 18.3 Å². The van der Waals surface area contributed by atoms with E-state index in [1.165, 1.54) is 7.11 Å². The molecule has 5 atom stereocenters. The lowest BCUT2D eigenvalue weighted by molar-refractivity contribution is -0.290. The minimum atomic E-state index is -1.20. The molecule has 13 heavy (non-hydrogen) atoms. The summed E-state index contributed by atoms with van der Waals surface area (Å²) in [6.07, 6.45) is -4.23. The largest absolute Gasteiger partial charge is 0.388 e. The van der Waals surface area contributed by atoms with E-state index in [9.17, 15) is 15.3 Å². The zero-order valence-electron chi connectivity index (χ0n) is 7.75. The molecule has 1 heterocycles. The van der Waals surface area contributed by atoms with Crippen molar-refractivity contribution in [3.8, 4) is 0 Å². The molecule has 0 aromatic heterocycles. The molecule has 1 aliphatic rings. The van der Waals surface area contributed by atoms with E-state index in [0.717, 1.165) is 0 Å². The first kappa shape index (κ1) is 10.9. The van der Waals surface area contributed by atoms with Gasteiger partial charge in [-0.15, -0.1) is 0 Å². The molecule has 5 nitrogen and oxygen atoms in total. The van der Waals surface area contributed by atoms with Gasteiger partial charge in [0, 0.05) is 7.11 Å². The average molecular weight is 192 g/mol. The van der Waals surface area contributed by atoms with Crippen molar-refractivity contribution in [1.82, 2.24) is 0 Å². The van der Waals surface area contributed by atoms with Crippen molar-refractivity contribution in [3.05, 3.63) is 0 Å². The molecular formula is C8H16O5. The van der Waals surface area contributed by atoms with E-state index in [1.807, 2.05) is 6.92 Å². The van der Waals surface area contributed by atoms with E-state index in [-0.39, 0.29) is 0 Å². The molecule has 0 bridgehead atoms. The first-order chi connectivity index (χ1) is 6.11. The number of ether oxygens (including phenoxy) is 2. The Balaban J connectivity index is 2.66. The van der Waals surface area contributed by atoms with Crippen molar-refractivity contribution in [2.24, 2.45) is 0 Å². The quantitative estimate of drug-likeness (QED) is 0.515. The Morgan fingerprint density at radius 2 is 1.77 bits per heavy atom. The van der Waals surface area contributed by atoms with Gasteiger partial charge in [-0.25, -0.2) is 0 Å². The summed E-state index contributed by atoms with van der Waals surface area (Å²) >= 11 is 0. The Bertz CT molecular complexity index is 143. The molecule has 0 aliphatic carbocycles. The summed E-state index contributed by atoms with van der Waals surface area (Å²) in [7, 11) is 1.38. The third-order valence-corrected chi connectivity index (χ3v) is 2.30. The highest BCUT2D eigenvalue weighted by Gasteiger charge is 2.42. The summed E-state index contributed by atoms with van der Waals surface area (Å²) in [5.41, 5.74) is 0. The van der Waals surface area contributed by atoms with E-state index < -0.39 is 30.7 Å². The molecule has 0 amide bonds. The van der Waals surface area contributed by atoms with Gasteiger partial charge in [-0.2, -0.15) is 0 Å². The van der Waals surface area contributed by atoms with E-state index in [1.54, 1.807) is 0 Å². The fourth-order valence-electron chi connectivity index (χ4n) is 1.45. The molecule has 2 unspecified atom stereocenters. The van der Waals surface area contributed by atoms with Crippen LogP contribution in [-0.2, 0) is 9.47 Å². The van der Waals surface area contributed by atoms with E-state index >= 15 is 0 Å². The second kappa shape index (κ2) is 4.34. The summed E-state index contributed by atoms with van der Waals surface area (Å²) < 4.78 is 10.0. The molecule has 5 heteroatoms.